The number of rotatable bonds is 6. The molecule has 15 heavy (non-hydrogen) atoms. The first kappa shape index (κ1) is 12.2. The summed E-state index contributed by atoms with van der Waals surface area (Å²) in [5.74, 6) is 0. The van der Waals surface area contributed by atoms with E-state index in [4.69, 9.17) is 9.84 Å². The summed E-state index contributed by atoms with van der Waals surface area (Å²) in [6, 6.07) is 9.86. The maximum absolute atomic E-state index is 9.49. The molecular weight excluding hydrogens is 192 g/mol. The predicted octanol–water partition coefficient (Wildman–Crippen LogP) is 1.34. The van der Waals surface area contributed by atoms with Gasteiger partial charge in [-0.05, 0) is 12.5 Å². The zero-order chi connectivity index (χ0) is 11.1. The fraction of sp³-hybridized carbons (Fsp3) is 0.500. The van der Waals surface area contributed by atoms with Gasteiger partial charge >= 0.3 is 0 Å². The molecule has 0 spiro atoms. The van der Waals surface area contributed by atoms with Crippen molar-refractivity contribution in [3.8, 4) is 0 Å². The first-order chi connectivity index (χ1) is 7.14. The van der Waals surface area contributed by atoms with E-state index in [1.165, 1.54) is 0 Å². The summed E-state index contributed by atoms with van der Waals surface area (Å²) in [4.78, 5) is 0. The number of benzene rings is 1. The molecule has 0 bridgehead atoms. The maximum atomic E-state index is 9.49. The van der Waals surface area contributed by atoms with Gasteiger partial charge in [0.2, 0.25) is 0 Å². The van der Waals surface area contributed by atoms with Crippen LogP contribution in [0.5, 0.6) is 0 Å². The van der Waals surface area contributed by atoms with Crippen LogP contribution in [0.2, 0.25) is 0 Å². The highest BCUT2D eigenvalue weighted by Crippen LogP contribution is 2.08. The molecule has 3 heteroatoms. The third kappa shape index (κ3) is 4.93. The summed E-state index contributed by atoms with van der Waals surface area (Å²) in [5.41, 5.74) is 0.0811. The molecule has 0 aliphatic heterocycles. The van der Waals surface area contributed by atoms with E-state index < -0.39 is 5.60 Å². The Morgan fingerprint density at radius 2 is 1.93 bits per heavy atom. The standard InChI is InChI=1S/C12H18O3/c1-12(14,10-13)7-8-15-9-11-5-3-2-4-6-11/h2-6,13-14H,7-10H2,1H3. The van der Waals surface area contributed by atoms with E-state index in [2.05, 4.69) is 0 Å². The number of aliphatic hydroxyl groups excluding tert-OH is 1. The molecular formula is C12H18O3. The highest BCUT2D eigenvalue weighted by atomic mass is 16.5. The number of hydrogen-bond donors (Lipinski definition) is 2. The van der Waals surface area contributed by atoms with Gasteiger partial charge in [0, 0.05) is 13.0 Å². The second kappa shape index (κ2) is 5.85. The lowest BCUT2D eigenvalue weighted by Crippen LogP contribution is -2.30. The molecule has 84 valence electrons. The second-order valence-electron chi connectivity index (χ2n) is 3.94. The number of aliphatic hydroxyl groups is 2. The van der Waals surface area contributed by atoms with Crippen molar-refractivity contribution in [2.75, 3.05) is 13.2 Å². The summed E-state index contributed by atoms with van der Waals surface area (Å²) in [6.07, 6.45) is 0.441. The van der Waals surface area contributed by atoms with Gasteiger partial charge in [-0.3, -0.25) is 0 Å². The molecule has 0 amide bonds. The van der Waals surface area contributed by atoms with E-state index >= 15 is 0 Å². The van der Waals surface area contributed by atoms with Crippen LogP contribution in [0.25, 0.3) is 0 Å². The molecule has 0 saturated heterocycles. The summed E-state index contributed by atoms with van der Waals surface area (Å²) < 4.78 is 5.39. The number of hydrogen-bond acceptors (Lipinski definition) is 3. The quantitative estimate of drug-likeness (QED) is 0.696. The fourth-order valence-electron chi connectivity index (χ4n) is 1.14. The Labute approximate surface area is 90.3 Å². The minimum Gasteiger partial charge on any atom is -0.393 e. The highest BCUT2D eigenvalue weighted by Gasteiger charge is 2.17. The van der Waals surface area contributed by atoms with E-state index in [-0.39, 0.29) is 6.61 Å². The van der Waals surface area contributed by atoms with Crippen LogP contribution in [-0.2, 0) is 11.3 Å². The molecule has 1 aromatic rings. The first-order valence-electron chi connectivity index (χ1n) is 5.09. The molecule has 0 radical (unpaired) electrons. The Balaban J connectivity index is 2.18. The normalized spacial score (nSPS) is 14.9. The summed E-state index contributed by atoms with van der Waals surface area (Å²) in [7, 11) is 0. The first-order valence-corrected chi connectivity index (χ1v) is 5.09. The van der Waals surface area contributed by atoms with Crippen LogP contribution < -0.4 is 0 Å². The van der Waals surface area contributed by atoms with Crippen molar-refractivity contribution in [3.05, 3.63) is 35.9 Å². The SMILES string of the molecule is CC(O)(CO)CCOCc1ccccc1. The average Bonchev–Trinajstić information content (AvgIpc) is 2.26. The zero-order valence-corrected chi connectivity index (χ0v) is 9.02. The molecule has 1 atom stereocenters. The topological polar surface area (TPSA) is 49.7 Å². The molecule has 0 aliphatic carbocycles. The monoisotopic (exact) mass is 210 g/mol. The van der Waals surface area contributed by atoms with Crippen molar-refractivity contribution in [2.24, 2.45) is 0 Å². The van der Waals surface area contributed by atoms with Gasteiger partial charge in [0.1, 0.15) is 0 Å². The molecule has 0 heterocycles. The van der Waals surface area contributed by atoms with Crippen molar-refractivity contribution < 1.29 is 14.9 Å². The van der Waals surface area contributed by atoms with Crippen molar-refractivity contribution >= 4 is 0 Å². The largest absolute Gasteiger partial charge is 0.393 e. The van der Waals surface area contributed by atoms with Crippen LogP contribution in [0.4, 0.5) is 0 Å². The lowest BCUT2D eigenvalue weighted by Gasteiger charge is -2.19. The van der Waals surface area contributed by atoms with Gasteiger partial charge < -0.3 is 14.9 Å². The van der Waals surface area contributed by atoms with Gasteiger partial charge in [0.05, 0.1) is 18.8 Å². The van der Waals surface area contributed by atoms with Crippen LogP contribution in [0.1, 0.15) is 18.9 Å². The van der Waals surface area contributed by atoms with E-state index in [0.29, 0.717) is 19.6 Å². The van der Waals surface area contributed by atoms with Crippen LogP contribution in [0.3, 0.4) is 0 Å². The van der Waals surface area contributed by atoms with Crippen LogP contribution in [0, 0.1) is 0 Å². The Bertz CT molecular complexity index is 269. The van der Waals surface area contributed by atoms with Gasteiger partial charge in [-0.1, -0.05) is 30.3 Å². The van der Waals surface area contributed by atoms with Crippen molar-refractivity contribution in [3.63, 3.8) is 0 Å². The zero-order valence-electron chi connectivity index (χ0n) is 9.02. The van der Waals surface area contributed by atoms with Crippen LogP contribution in [-0.4, -0.2) is 29.0 Å². The lowest BCUT2D eigenvalue weighted by molar-refractivity contribution is -0.0287. The van der Waals surface area contributed by atoms with E-state index in [1.807, 2.05) is 30.3 Å². The Morgan fingerprint density at radius 1 is 1.27 bits per heavy atom. The minimum absolute atomic E-state index is 0.234. The van der Waals surface area contributed by atoms with Crippen molar-refractivity contribution in [1.29, 1.82) is 0 Å². The van der Waals surface area contributed by atoms with Gasteiger partial charge in [-0.2, -0.15) is 0 Å². The van der Waals surface area contributed by atoms with Gasteiger partial charge in [-0.25, -0.2) is 0 Å². The Hall–Kier alpha value is -0.900. The molecule has 2 N–H and O–H groups in total. The molecule has 3 nitrogen and oxygen atoms in total. The van der Waals surface area contributed by atoms with E-state index in [9.17, 15) is 5.11 Å². The fourth-order valence-corrected chi connectivity index (χ4v) is 1.14. The number of ether oxygens (including phenoxy) is 1. The maximum Gasteiger partial charge on any atom is 0.0871 e. The molecule has 1 rings (SSSR count). The molecule has 1 unspecified atom stereocenters. The van der Waals surface area contributed by atoms with E-state index in [0.717, 1.165) is 5.56 Å². The highest BCUT2D eigenvalue weighted by molar-refractivity contribution is 5.13. The Kier molecular flexibility index (Phi) is 4.75. The second-order valence-corrected chi connectivity index (χ2v) is 3.94. The molecule has 0 aromatic heterocycles. The van der Waals surface area contributed by atoms with Crippen molar-refractivity contribution in [2.45, 2.75) is 25.6 Å². The van der Waals surface area contributed by atoms with Crippen LogP contribution >= 0.6 is 0 Å². The minimum atomic E-state index is -1.03. The summed E-state index contributed by atoms with van der Waals surface area (Å²) >= 11 is 0. The summed E-state index contributed by atoms with van der Waals surface area (Å²) in [5, 5.41) is 18.3. The molecule has 0 fully saturated rings. The lowest BCUT2D eigenvalue weighted by atomic mass is 10.1. The predicted molar refractivity (Wildman–Crippen MR) is 58.4 cm³/mol. The summed E-state index contributed by atoms with van der Waals surface area (Å²) in [6.45, 7) is 2.35. The van der Waals surface area contributed by atoms with Crippen LogP contribution in [0.15, 0.2) is 30.3 Å². The molecule has 1 aromatic carbocycles. The third-order valence-corrected chi connectivity index (χ3v) is 2.24. The van der Waals surface area contributed by atoms with Gasteiger partial charge in [0.15, 0.2) is 0 Å². The van der Waals surface area contributed by atoms with Gasteiger partial charge in [0.25, 0.3) is 0 Å². The average molecular weight is 210 g/mol. The third-order valence-electron chi connectivity index (χ3n) is 2.24. The van der Waals surface area contributed by atoms with Crippen molar-refractivity contribution in [1.82, 2.24) is 0 Å². The van der Waals surface area contributed by atoms with E-state index in [1.54, 1.807) is 6.92 Å². The molecule has 0 aliphatic rings. The smallest absolute Gasteiger partial charge is 0.0871 e. The Morgan fingerprint density at radius 3 is 2.53 bits per heavy atom. The molecule has 0 saturated carbocycles. The van der Waals surface area contributed by atoms with Gasteiger partial charge in [-0.15, -0.1) is 0 Å².